The fourth-order valence-corrected chi connectivity index (χ4v) is 4.38. The van der Waals surface area contributed by atoms with Gasteiger partial charge in [-0.25, -0.2) is 0 Å². The predicted molar refractivity (Wildman–Crippen MR) is 126 cm³/mol. The molecule has 2 aromatic carbocycles. The molecular formula is C24H21ClN2O4S. The van der Waals surface area contributed by atoms with E-state index in [4.69, 9.17) is 21.1 Å². The summed E-state index contributed by atoms with van der Waals surface area (Å²) in [7, 11) is 3.10. The van der Waals surface area contributed by atoms with E-state index in [9.17, 15) is 9.59 Å². The topological polar surface area (TPSA) is 67.9 Å². The van der Waals surface area contributed by atoms with Crippen LogP contribution in [0.3, 0.4) is 0 Å². The summed E-state index contributed by atoms with van der Waals surface area (Å²) in [5.74, 6) is 0.430. The van der Waals surface area contributed by atoms with Crippen LogP contribution in [0.25, 0.3) is 5.57 Å². The second-order valence-electron chi connectivity index (χ2n) is 7.06. The van der Waals surface area contributed by atoms with Gasteiger partial charge in [-0.05, 0) is 47.7 Å². The van der Waals surface area contributed by atoms with Crippen LogP contribution < -0.4 is 14.8 Å². The number of carbonyl (C=O) groups is 2. The summed E-state index contributed by atoms with van der Waals surface area (Å²) in [4.78, 5) is 28.7. The molecule has 2 heterocycles. The van der Waals surface area contributed by atoms with Crippen LogP contribution in [-0.4, -0.2) is 37.5 Å². The minimum Gasteiger partial charge on any atom is -0.497 e. The van der Waals surface area contributed by atoms with E-state index in [1.54, 1.807) is 44.6 Å². The maximum atomic E-state index is 13.4. The van der Waals surface area contributed by atoms with E-state index in [0.717, 1.165) is 10.4 Å². The van der Waals surface area contributed by atoms with Gasteiger partial charge >= 0.3 is 0 Å². The smallest absolute Gasteiger partial charge is 0.278 e. The van der Waals surface area contributed by atoms with Crippen molar-refractivity contribution in [1.82, 2.24) is 4.90 Å². The van der Waals surface area contributed by atoms with Crippen molar-refractivity contribution in [3.63, 3.8) is 0 Å². The van der Waals surface area contributed by atoms with Crippen molar-refractivity contribution >= 4 is 46.0 Å². The third-order valence-electron chi connectivity index (χ3n) is 5.14. The summed E-state index contributed by atoms with van der Waals surface area (Å²) in [6, 6.07) is 16.3. The Morgan fingerprint density at radius 2 is 1.78 bits per heavy atom. The number of amides is 2. The Hall–Kier alpha value is -3.29. The molecule has 0 unspecified atom stereocenters. The van der Waals surface area contributed by atoms with Crippen LogP contribution >= 0.6 is 22.9 Å². The lowest BCUT2D eigenvalue weighted by Crippen LogP contribution is -2.34. The lowest BCUT2D eigenvalue weighted by Gasteiger charge is -2.16. The zero-order chi connectivity index (χ0) is 22.7. The van der Waals surface area contributed by atoms with Crippen molar-refractivity contribution in [3.05, 3.63) is 81.1 Å². The van der Waals surface area contributed by atoms with Crippen LogP contribution in [0.2, 0.25) is 5.02 Å². The quantitative estimate of drug-likeness (QED) is 0.478. The van der Waals surface area contributed by atoms with Gasteiger partial charge in [0, 0.05) is 22.5 Å². The Morgan fingerprint density at radius 1 is 1.00 bits per heavy atom. The van der Waals surface area contributed by atoms with Crippen molar-refractivity contribution in [1.29, 1.82) is 0 Å². The molecule has 0 saturated heterocycles. The minimum absolute atomic E-state index is 0.222. The summed E-state index contributed by atoms with van der Waals surface area (Å²) < 4.78 is 10.7. The van der Waals surface area contributed by atoms with Gasteiger partial charge in [-0.3, -0.25) is 14.5 Å². The normalized spacial score (nSPS) is 13.7. The van der Waals surface area contributed by atoms with Crippen molar-refractivity contribution in [2.24, 2.45) is 0 Å². The molecule has 0 saturated carbocycles. The highest BCUT2D eigenvalue weighted by Crippen LogP contribution is 2.36. The Kier molecular flexibility index (Phi) is 6.48. The SMILES string of the molecule is COc1ccc(OC)c(NC2=C(c3cccs3)C(=O)N(CCc3ccc(Cl)cc3)C2=O)c1. The molecule has 4 rings (SSSR count). The van der Waals surface area contributed by atoms with Gasteiger partial charge in [0.1, 0.15) is 17.2 Å². The molecule has 32 heavy (non-hydrogen) atoms. The molecule has 164 valence electrons. The molecule has 6 nitrogen and oxygen atoms in total. The average molecular weight is 469 g/mol. The molecule has 1 aliphatic heterocycles. The average Bonchev–Trinajstić information content (AvgIpc) is 3.40. The molecule has 0 atom stereocenters. The van der Waals surface area contributed by atoms with Crippen LogP contribution in [-0.2, 0) is 16.0 Å². The number of halogens is 1. The fraction of sp³-hybridized carbons (Fsp3) is 0.167. The van der Waals surface area contributed by atoms with E-state index in [-0.39, 0.29) is 24.1 Å². The van der Waals surface area contributed by atoms with Crippen LogP contribution in [0.5, 0.6) is 11.5 Å². The predicted octanol–water partition coefficient (Wildman–Crippen LogP) is 4.85. The second-order valence-corrected chi connectivity index (χ2v) is 8.44. The zero-order valence-electron chi connectivity index (χ0n) is 17.6. The third-order valence-corrected chi connectivity index (χ3v) is 6.28. The van der Waals surface area contributed by atoms with E-state index in [2.05, 4.69) is 5.32 Å². The number of thiophene rings is 1. The Morgan fingerprint density at radius 3 is 2.44 bits per heavy atom. The highest BCUT2D eigenvalue weighted by atomic mass is 35.5. The number of hydrogen-bond acceptors (Lipinski definition) is 6. The minimum atomic E-state index is -0.378. The second kappa shape index (κ2) is 9.46. The molecule has 0 fully saturated rings. The summed E-state index contributed by atoms with van der Waals surface area (Å²) in [5, 5.41) is 5.66. The number of anilines is 1. The summed E-state index contributed by atoms with van der Waals surface area (Å²) in [6.07, 6.45) is 0.530. The number of hydrogen-bond donors (Lipinski definition) is 1. The number of ether oxygens (including phenoxy) is 2. The van der Waals surface area contributed by atoms with E-state index in [0.29, 0.717) is 34.2 Å². The van der Waals surface area contributed by atoms with Gasteiger partial charge in [-0.1, -0.05) is 29.8 Å². The van der Waals surface area contributed by atoms with Crippen LogP contribution in [0.4, 0.5) is 5.69 Å². The van der Waals surface area contributed by atoms with Crippen molar-refractivity contribution < 1.29 is 19.1 Å². The van der Waals surface area contributed by atoms with Gasteiger partial charge in [0.05, 0.1) is 25.5 Å². The third kappa shape index (κ3) is 4.35. The van der Waals surface area contributed by atoms with Gasteiger partial charge in [0.15, 0.2) is 0 Å². The fourth-order valence-electron chi connectivity index (χ4n) is 3.48. The number of nitrogens with one attached hydrogen (secondary N) is 1. The number of rotatable bonds is 8. The van der Waals surface area contributed by atoms with Crippen LogP contribution in [0.15, 0.2) is 65.7 Å². The van der Waals surface area contributed by atoms with Gasteiger partial charge in [0.2, 0.25) is 0 Å². The molecule has 8 heteroatoms. The molecule has 0 spiro atoms. The lowest BCUT2D eigenvalue weighted by molar-refractivity contribution is -0.136. The summed E-state index contributed by atoms with van der Waals surface area (Å²) in [5.41, 5.74) is 2.10. The molecule has 1 aliphatic rings. The van der Waals surface area contributed by atoms with Crippen LogP contribution in [0, 0.1) is 0 Å². The number of carbonyl (C=O) groups excluding carboxylic acids is 2. The monoisotopic (exact) mass is 468 g/mol. The van der Waals surface area contributed by atoms with Crippen LogP contribution in [0.1, 0.15) is 10.4 Å². The first kappa shape index (κ1) is 21.9. The molecule has 1 N–H and O–H groups in total. The Labute approximate surface area is 195 Å². The standard InChI is InChI=1S/C24H21ClN2O4S/c1-30-17-9-10-19(31-2)18(14-17)26-22-21(20-4-3-13-32-20)23(28)27(24(22)29)12-11-15-5-7-16(25)8-6-15/h3-10,13-14,26H,11-12H2,1-2H3. The first-order valence-corrected chi connectivity index (χ1v) is 11.2. The van der Waals surface area contributed by atoms with Gasteiger partial charge in [-0.2, -0.15) is 0 Å². The van der Waals surface area contributed by atoms with Gasteiger partial charge < -0.3 is 14.8 Å². The summed E-state index contributed by atoms with van der Waals surface area (Å²) >= 11 is 7.36. The van der Waals surface area contributed by atoms with E-state index >= 15 is 0 Å². The molecule has 2 amide bonds. The zero-order valence-corrected chi connectivity index (χ0v) is 19.1. The molecule has 3 aromatic rings. The molecule has 0 aliphatic carbocycles. The van der Waals surface area contributed by atoms with Gasteiger partial charge in [0.25, 0.3) is 11.8 Å². The molecule has 1 aromatic heterocycles. The highest BCUT2D eigenvalue weighted by molar-refractivity contribution is 7.11. The Bertz CT molecular complexity index is 1170. The first-order valence-electron chi connectivity index (χ1n) is 9.89. The first-order chi connectivity index (χ1) is 15.5. The van der Waals surface area contributed by atoms with Crippen molar-refractivity contribution in [2.45, 2.75) is 6.42 Å². The summed E-state index contributed by atoms with van der Waals surface area (Å²) in [6.45, 7) is 0.259. The largest absolute Gasteiger partial charge is 0.497 e. The lowest BCUT2D eigenvalue weighted by atomic mass is 10.1. The Balaban J connectivity index is 1.66. The molecule has 0 radical (unpaired) electrons. The van der Waals surface area contributed by atoms with Crippen molar-refractivity contribution in [2.75, 3.05) is 26.1 Å². The maximum Gasteiger partial charge on any atom is 0.278 e. The maximum absolute atomic E-state index is 13.4. The van der Waals surface area contributed by atoms with E-state index < -0.39 is 0 Å². The molecular weight excluding hydrogens is 448 g/mol. The number of methoxy groups -OCH3 is 2. The highest BCUT2D eigenvalue weighted by Gasteiger charge is 2.39. The van der Waals surface area contributed by atoms with E-state index in [1.165, 1.54) is 16.2 Å². The number of imide groups is 1. The number of nitrogens with zero attached hydrogens (tertiary/aromatic N) is 1. The molecule has 0 bridgehead atoms. The number of benzene rings is 2. The van der Waals surface area contributed by atoms with E-state index in [1.807, 2.05) is 29.6 Å². The van der Waals surface area contributed by atoms with Gasteiger partial charge in [-0.15, -0.1) is 11.3 Å². The van der Waals surface area contributed by atoms with Crippen molar-refractivity contribution in [3.8, 4) is 11.5 Å².